The van der Waals surface area contributed by atoms with Crippen LogP contribution >= 0.6 is 0 Å². The third kappa shape index (κ3) is 4.45. The minimum absolute atomic E-state index is 0.0715. The van der Waals surface area contributed by atoms with E-state index in [0.29, 0.717) is 0 Å². The quantitative estimate of drug-likeness (QED) is 0.738. The smallest absolute Gasteiger partial charge is 0.280 e. The van der Waals surface area contributed by atoms with E-state index in [9.17, 15) is 39.2 Å². The van der Waals surface area contributed by atoms with Gasteiger partial charge in [-0.25, -0.2) is 12.8 Å². The molecule has 0 spiro atoms. The van der Waals surface area contributed by atoms with Crippen LogP contribution in [0.2, 0.25) is 0 Å². The fraction of sp³-hybridized carbons (Fsp3) is 0.200. The van der Waals surface area contributed by atoms with Crippen LogP contribution in [0.3, 0.4) is 0 Å². The second-order valence-corrected chi connectivity index (χ2v) is 6.99. The zero-order chi connectivity index (χ0) is 19.9. The van der Waals surface area contributed by atoms with E-state index in [1.807, 2.05) is 0 Å². The van der Waals surface area contributed by atoms with E-state index < -0.39 is 44.2 Å². The van der Waals surface area contributed by atoms with E-state index in [0.717, 1.165) is 12.1 Å². The van der Waals surface area contributed by atoms with Crippen LogP contribution < -0.4 is 4.72 Å². The van der Waals surface area contributed by atoms with Crippen molar-refractivity contribution in [1.29, 1.82) is 0 Å². The summed E-state index contributed by atoms with van der Waals surface area (Å²) in [4.78, 5) is -1.25. The lowest BCUT2D eigenvalue weighted by atomic mass is 10.1. The maximum absolute atomic E-state index is 13.5. The summed E-state index contributed by atoms with van der Waals surface area (Å²) in [7, 11) is -4.83. The maximum Gasteiger partial charge on any atom is 0.416 e. The summed E-state index contributed by atoms with van der Waals surface area (Å²) >= 11 is 0. The molecule has 0 fully saturated rings. The van der Waals surface area contributed by atoms with Crippen LogP contribution in [-0.2, 0) is 22.4 Å². The Hall–Kier alpha value is -2.30. The van der Waals surface area contributed by atoms with Crippen LogP contribution in [0.4, 0.5) is 36.4 Å². The van der Waals surface area contributed by atoms with Crippen molar-refractivity contribution in [2.45, 2.75) is 24.2 Å². The maximum atomic E-state index is 13.5. The highest BCUT2D eigenvalue weighted by Crippen LogP contribution is 2.37. The van der Waals surface area contributed by atoms with Gasteiger partial charge in [0, 0.05) is 0 Å². The molecule has 0 heterocycles. The Labute approximate surface area is 143 Å². The van der Waals surface area contributed by atoms with Crippen LogP contribution in [0.25, 0.3) is 0 Å². The molecule has 2 rings (SSSR count). The molecule has 2 aromatic carbocycles. The number of aryl methyl sites for hydroxylation is 1. The Morgan fingerprint density at radius 2 is 1.35 bits per heavy atom. The molecule has 0 aliphatic rings. The molecule has 142 valence electrons. The number of hydrogen-bond donors (Lipinski definition) is 1. The average Bonchev–Trinajstić information content (AvgIpc) is 2.48. The van der Waals surface area contributed by atoms with E-state index >= 15 is 0 Å². The van der Waals surface area contributed by atoms with Crippen molar-refractivity contribution in [1.82, 2.24) is 0 Å². The Morgan fingerprint density at radius 1 is 0.846 bits per heavy atom. The molecule has 0 atom stereocenters. The van der Waals surface area contributed by atoms with Gasteiger partial charge in [0.25, 0.3) is 10.0 Å². The summed E-state index contributed by atoms with van der Waals surface area (Å²) in [6.07, 6.45) is -10.4. The SMILES string of the molecule is Cc1ccc(NS(=O)(=O)c2cc(C(F)(F)F)cc(C(F)(F)F)c2)cc1F. The van der Waals surface area contributed by atoms with Crippen LogP contribution in [-0.4, -0.2) is 8.42 Å². The molecule has 3 nitrogen and oxygen atoms in total. The molecule has 0 amide bonds. The van der Waals surface area contributed by atoms with Gasteiger partial charge in [-0.05, 0) is 42.8 Å². The number of alkyl halides is 6. The lowest BCUT2D eigenvalue weighted by molar-refractivity contribution is -0.143. The molecule has 0 saturated heterocycles. The van der Waals surface area contributed by atoms with Crippen molar-refractivity contribution in [3.8, 4) is 0 Å². The van der Waals surface area contributed by atoms with Crippen molar-refractivity contribution >= 4 is 15.7 Å². The van der Waals surface area contributed by atoms with Gasteiger partial charge in [-0.1, -0.05) is 6.07 Å². The first-order valence-electron chi connectivity index (χ1n) is 6.78. The molecule has 0 saturated carbocycles. The monoisotopic (exact) mass is 401 g/mol. The molecular formula is C15H10F7NO2S. The lowest BCUT2D eigenvalue weighted by Crippen LogP contribution is -2.17. The minimum atomic E-state index is -5.19. The summed E-state index contributed by atoms with van der Waals surface area (Å²) in [5.41, 5.74) is -3.73. The molecule has 26 heavy (non-hydrogen) atoms. The van der Waals surface area contributed by atoms with E-state index in [1.54, 1.807) is 4.72 Å². The minimum Gasteiger partial charge on any atom is -0.280 e. The first kappa shape index (κ1) is 20.0. The molecule has 0 aromatic heterocycles. The van der Waals surface area contributed by atoms with Crippen molar-refractivity contribution in [2.75, 3.05) is 4.72 Å². The normalized spacial score (nSPS) is 12.9. The molecule has 0 unspecified atom stereocenters. The van der Waals surface area contributed by atoms with Gasteiger partial charge in [-0.2, -0.15) is 26.3 Å². The number of rotatable bonds is 3. The van der Waals surface area contributed by atoms with Gasteiger partial charge in [0.15, 0.2) is 0 Å². The number of nitrogens with one attached hydrogen (secondary N) is 1. The Bertz CT molecular complexity index is 902. The molecule has 2 aromatic rings. The van der Waals surface area contributed by atoms with Gasteiger partial charge >= 0.3 is 12.4 Å². The van der Waals surface area contributed by atoms with Crippen LogP contribution in [0.5, 0.6) is 0 Å². The zero-order valence-electron chi connectivity index (χ0n) is 12.8. The predicted octanol–water partition coefficient (Wildman–Crippen LogP) is 4.97. The fourth-order valence-electron chi connectivity index (χ4n) is 1.95. The summed E-state index contributed by atoms with van der Waals surface area (Å²) in [6, 6.07) is 3.02. The van der Waals surface area contributed by atoms with Crippen molar-refractivity contribution < 1.29 is 39.2 Å². The Morgan fingerprint density at radius 3 is 1.77 bits per heavy atom. The van der Waals surface area contributed by atoms with Gasteiger partial charge in [0.05, 0.1) is 21.7 Å². The van der Waals surface area contributed by atoms with Crippen LogP contribution in [0.1, 0.15) is 16.7 Å². The van der Waals surface area contributed by atoms with Gasteiger partial charge < -0.3 is 0 Å². The molecule has 0 aliphatic heterocycles. The van der Waals surface area contributed by atoms with Crippen LogP contribution in [0, 0.1) is 12.7 Å². The third-order valence-corrected chi connectivity index (χ3v) is 4.66. The van der Waals surface area contributed by atoms with E-state index in [4.69, 9.17) is 0 Å². The highest BCUT2D eigenvalue weighted by atomic mass is 32.2. The van der Waals surface area contributed by atoms with Crippen molar-refractivity contribution in [2.24, 2.45) is 0 Å². The topological polar surface area (TPSA) is 46.2 Å². The van der Waals surface area contributed by atoms with Gasteiger partial charge in [0.1, 0.15) is 5.82 Å². The number of halogens is 7. The summed E-state index contributed by atoms with van der Waals surface area (Å²) in [5.74, 6) is -0.801. The predicted molar refractivity (Wildman–Crippen MR) is 78.4 cm³/mol. The van der Waals surface area contributed by atoms with Crippen molar-refractivity contribution in [3.63, 3.8) is 0 Å². The van der Waals surface area contributed by atoms with E-state index in [-0.39, 0.29) is 29.4 Å². The number of sulfonamides is 1. The molecule has 1 N–H and O–H groups in total. The summed E-state index contributed by atoms with van der Waals surface area (Å²) in [5, 5.41) is 0. The number of anilines is 1. The molecule has 0 bridgehead atoms. The van der Waals surface area contributed by atoms with E-state index in [1.165, 1.54) is 13.0 Å². The first-order valence-corrected chi connectivity index (χ1v) is 8.27. The van der Waals surface area contributed by atoms with E-state index in [2.05, 4.69) is 0 Å². The molecular weight excluding hydrogens is 391 g/mol. The zero-order valence-corrected chi connectivity index (χ0v) is 13.7. The highest BCUT2D eigenvalue weighted by Gasteiger charge is 2.38. The molecule has 0 aliphatic carbocycles. The summed E-state index contributed by atoms with van der Waals surface area (Å²) < 4.78 is 116. The second kappa shape index (κ2) is 6.45. The third-order valence-electron chi connectivity index (χ3n) is 3.30. The first-order chi connectivity index (χ1) is 11.7. The number of benzene rings is 2. The summed E-state index contributed by atoms with van der Waals surface area (Å²) in [6.45, 7) is 1.38. The standard InChI is InChI=1S/C15H10F7NO2S/c1-8-2-3-11(7-13(8)16)23-26(24,25)12-5-9(14(17,18)19)4-10(6-12)15(20,21)22/h2-7,23H,1H3. The fourth-order valence-corrected chi connectivity index (χ4v) is 3.07. The van der Waals surface area contributed by atoms with Gasteiger partial charge in [0.2, 0.25) is 0 Å². The Balaban J connectivity index is 2.55. The van der Waals surface area contributed by atoms with Gasteiger partial charge in [-0.15, -0.1) is 0 Å². The van der Waals surface area contributed by atoms with Crippen LogP contribution in [0.15, 0.2) is 41.3 Å². The van der Waals surface area contributed by atoms with Crippen molar-refractivity contribution in [3.05, 3.63) is 58.9 Å². The Kier molecular flexibility index (Phi) is 4.97. The lowest BCUT2D eigenvalue weighted by Gasteiger charge is -2.15. The second-order valence-electron chi connectivity index (χ2n) is 5.31. The molecule has 0 radical (unpaired) electrons. The molecule has 11 heteroatoms. The highest BCUT2D eigenvalue weighted by molar-refractivity contribution is 7.92. The largest absolute Gasteiger partial charge is 0.416 e. The number of hydrogen-bond acceptors (Lipinski definition) is 2. The average molecular weight is 401 g/mol. The van der Waals surface area contributed by atoms with Gasteiger partial charge in [-0.3, -0.25) is 4.72 Å².